The number of carbonyl (C=O) groups excluding carboxylic acids is 1. The van der Waals surface area contributed by atoms with Gasteiger partial charge >= 0.3 is 0 Å². The number of carbonyl (C=O) groups is 1. The van der Waals surface area contributed by atoms with E-state index in [1.807, 2.05) is 12.1 Å². The Morgan fingerprint density at radius 1 is 1.00 bits per heavy atom. The molecule has 0 radical (unpaired) electrons. The lowest BCUT2D eigenvalue weighted by Crippen LogP contribution is -2.11. The molecule has 0 fully saturated rings. The highest BCUT2D eigenvalue weighted by Crippen LogP contribution is 2.32. The molecule has 0 aliphatic carbocycles. The van der Waals surface area contributed by atoms with Gasteiger partial charge in [-0.05, 0) is 54.6 Å². The first-order valence-electron chi connectivity index (χ1n) is 7.74. The predicted octanol–water partition coefficient (Wildman–Crippen LogP) is 3.42. The first kappa shape index (κ1) is 15.3. The number of benzene rings is 2. The number of hydrogen-bond donors (Lipinski definition) is 2. The monoisotopic (exact) mass is 337 g/mol. The van der Waals surface area contributed by atoms with Crippen LogP contribution < -0.4 is 14.8 Å². The third-order valence-electron chi connectivity index (χ3n) is 3.88. The standard InChI is InChI=1S/C19H15NO5/c21-10-15-6-8-16(25-15)12-1-4-14(5-2-12)20-19(22)13-3-7-17-18(9-13)24-11-23-17/h1-9,21H,10-11H2,(H,20,22). The largest absolute Gasteiger partial charge is 0.459 e. The Hall–Kier alpha value is -3.25. The number of furan rings is 1. The number of fused-ring (bicyclic) bond motifs is 1. The van der Waals surface area contributed by atoms with Crippen LogP contribution in [0.5, 0.6) is 11.5 Å². The summed E-state index contributed by atoms with van der Waals surface area (Å²) in [5, 5.41) is 11.9. The fraction of sp³-hybridized carbons (Fsp3) is 0.105. The Kier molecular flexibility index (Phi) is 3.87. The van der Waals surface area contributed by atoms with Gasteiger partial charge in [-0.25, -0.2) is 0 Å². The summed E-state index contributed by atoms with van der Waals surface area (Å²) >= 11 is 0. The molecule has 2 aromatic carbocycles. The van der Waals surface area contributed by atoms with E-state index in [0.29, 0.717) is 34.3 Å². The Morgan fingerprint density at radius 2 is 1.80 bits per heavy atom. The van der Waals surface area contributed by atoms with Crippen molar-refractivity contribution in [2.45, 2.75) is 6.61 Å². The quantitative estimate of drug-likeness (QED) is 0.762. The molecule has 0 saturated heterocycles. The van der Waals surface area contributed by atoms with Gasteiger partial charge in [0, 0.05) is 16.8 Å². The van der Waals surface area contributed by atoms with E-state index in [1.54, 1.807) is 42.5 Å². The molecule has 4 rings (SSSR count). The molecule has 6 heteroatoms. The van der Waals surface area contributed by atoms with Crippen molar-refractivity contribution in [1.82, 2.24) is 0 Å². The van der Waals surface area contributed by atoms with Gasteiger partial charge in [0.15, 0.2) is 11.5 Å². The minimum Gasteiger partial charge on any atom is -0.459 e. The van der Waals surface area contributed by atoms with Crippen molar-refractivity contribution in [2.24, 2.45) is 0 Å². The molecule has 2 heterocycles. The van der Waals surface area contributed by atoms with E-state index in [0.717, 1.165) is 5.56 Å². The first-order chi connectivity index (χ1) is 12.2. The van der Waals surface area contributed by atoms with Crippen molar-refractivity contribution in [1.29, 1.82) is 0 Å². The Morgan fingerprint density at radius 3 is 2.56 bits per heavy atom. The topological polar surface area (TPSA) is 80.9 Å². The molecule has 0 saturated carbocycles. The highest BCUT2D eigenvalue weighted by atomic mass is 16.7. The number of ether oxygens (including phenoxy) is 2. The van der Waals surface area contributed by atoms with Crippen molar-refractivity contribution >= 4 is 11.6 Å². The van der Waals surface area contributed by atoms with Gasteiger partial charge < -0.3 is 24.3 Å². The highest BCUT2D eigenvalue weighted by molar-refractivity contribution is 6.04. The van der Waals surface area contributed by atoms with Gasteiger partial charge in [-0.15, -0.1) is 0 Å². The molecule has 2 N–H and O–H groups in total. The SMILES string of the molecule is O=C(Nc1ccc(-c2ccc(CO)o2)cc1)c1ccc2c(c1)OCO2. The molecule has 126 valence electrons. The second-order valence-corrected chi connectivity index (χ2v) is 5.52. The van der Waals surface area contributed by atoms with E-state index in [-0.39, 0.29) is 19.3 Å². The number of hydrogen-bond acceptors (Lipinski definition) is 5. The van der Waals surface area contributed by atoms with Gasteiger partial charge in [-0.2, -0.15) is 0 Å². The molecule has 0 spiro atoms. The van der Waals surface area contributed by atoms with Crippen LogP contribution in [0.4, 0.5) is 5.69 Å². The minimum atomic E-state index is -0.230. The maximum absolute atomic E-state index is 12.4. The van der Waals surface area contributed by atoms with Gasteiger partial charge in [0.05, 0.1) is 0 Å². The highest BCUT2D eigenvalue weighted by Gasteiger charge is 2.16. The molecule has 0 atom stereocenters. The second-order valence-electron chi connectivity index (χ2n) is 5.52. The van der Waals surface area contributed by atoms with E-state index < -0.39 is 0 Å². The molecular weight excluding hydrogens is 322 g/mol. The zero-order valence-electron chi connectivity index (χ0n) is 13.2. The van der Waals surface area contributed by atoms with E-state index in [9.17, 15) is 4.79 Å². The lowest BCUT2D eigenvalue weighted by Gasteiger charge is -2.07. The third kappa shape index (κ3) is 3.07. The van der Waals surface area contributed by atoms with Crippen LogP contribution in [0.3, 0.4) is 0 Å². The van der Waals surface area contributed by atoms with E-state index in [2.05, 4.69) is 5.32 Å². The summed E-state index contributed by atoms with van der Waals surface area (Å²) in [6, 6.07) is 15.9. The fourth-order valence-electron chi connectivity index (χ4n) is 2.58. The summed E-state index contributed by atoms with van der Waals surface area (Å²) < 4.78 is 16.0. The van der Waals surface area contributed by atoms with Crippen LogP contribution in [0.1, 0.15) is 16.1 Å². The first-order valence-corrected chi connectivity index (χ1v) is 7.74. The average Bonchev–Trinajstić information content (AvgIpc) is 3.30. The number of nitrogens with one attached hydrogen (secondary N) is 1. The predicted molar refractivity (Wildman–Crippen MR) is 90.6 cm³/mol. The normalized spacial score (nSPS) is 12.2. The van der Waals surface area contributed by atoms with Gasteiger partial charge in [0.25, 0.3) is 5.91 Å². The van der Waals surface area contributed by atoms with Crippen molar-refractivity contribution in [3.8, 4) is 22.8 Å². The summed E-state index contributed by atoms with van der Waals surface area (Å²) in [7, 11) is 0. The van der Waals surface area contributed by atoms with Crippen molar-refractivity contribution in [3.63, 3.8) is 0 Å². The lowest BCUT2D eigenvalue weighted by atomic mass is 10.1. The second kappa shape index (κ2) is 6.33. The molecular formula is C19H15NO5. The molecule has 1 aromatic heterocycles. The smallest absolute Gasteiger partial charge is 0.255 e. The van der Waals surface area contributed by atoms with Gasteiger partial charge in [0.1, 0.15) is 18.1 Å². The van der Waals surface area contributed by atoms with E-state index in [1.165, 1.54) is 0 Å². The summed E-state index contributed by atoms with van der Waals surface area (Å²) in [6.07, 6.45) is 0. The molecule has 1 amide bonds. The van der Waals surface area contributed by atoms with Crippen LogP contribution in [-0.4, -0.2) is 17.8 Å². The molecule has 6 nitrogen and oxygen atoms in total. The zero-order valence-corrected chi connectivity index (χ0v) is 13.2. The third-order valence-corrected chi connectivity index (χ3v) is 3.88. The van der Waals surface area contributed by atoms with E-state index in [4.69, 9.17) is 19.0 Å². The van der Waals surface area contributed by atoms with Crippen LogP contribution in [-0.2, 0) is 6.61 Å². The van der Waals surface area contributed by atoms with Crippen molar-refractivity contribution < 1.29 is 23.8 Å². The lowest BCUT2D eigenvalue weighted by molar-refractivity contribution is 0.102. The fourth-order valence-corrected chi connectivity index (χ4v) is 2.58. The van der Waals surface area contributed by atoms with Crippen LogP contribution in [0.15, 0.2) is 59.0 Å². The Balaban J connectivity index is 1.48. The van der Waals surface area contributed by atoms with Gasteiger partial charge in [-0.1, -0.05) is 0 Å². The maximum atomic E-state index is 12.4. The molecule has 3 aromatic rings. The molecule has 25 heavy (non-hydrogen) atoms. The molecule has 0 unspecified atom stereocenters. The number of rotatable bonds is 4. The van der Waals surface area contributed by atoms with Crippen LogP contribution >= 0.6 is 0 Å². The summed E-state index contributed by atoms with van der Waals surface area (Å²) in [5.41, 5.74) is 2.02. The summed E-state index contributed by atoms with van der Waals surface area (Å²) in [6.45, 7) is 0.0380. The Bertz CT molecular complexity index is 914. The summed E-state index contributed by atoms with van der Waals surface area (Å²) in [4.78, 5) is 12.4. The van der Waals surface area contributed by atoms with Crippen LogP contribution in [0.25, 0.3) is 11.3 Å². The summed E-state index contributed by atoms with van der Waals surface area (Å²) in [5.74, 6) is 2.15. The molecule has 0 bridgehead atoms. The van der Waals surface area contributed by atoms with Crippen molar-refractivity contribution in [3.05, 3.63) is 65.9 Å². The van der Waals surface area contributed by atoms with Crippen molar-refractivity contribution in [2.75, 3.05) is 12.1 Å². The number of anilines is 1. The van der Waals surface area contributed by atoms with Crippen LogP contribution in [0, 0.1) is 0 Å². The zero-order chi connectivity index (χ0) is 17.2. The average molecular weight is 337 g/mol. The number of amides is 1. The molecule has 1 aliphatic heterocycles. The Labute approximate surface area is 143 Å². The van der Waals surface area contributed by atoms with E-state index >= 15 is 0 Å². The molecule has 1 aliphatic rings. The minimum absolute atomic E-state index is 0.135. The number of aliphatic hydroxyl groups is 1. The van der Waals surface area contributed by atoms with Crippen LogP contribution in [0.2, 0.25) is 0 Å². The maximum Gasteiger partial charge on any atom is 0.255 e. The van der Waals surface area contributed by atoms with Gasteiger partial charge in [0.2, 0.25) is 6.79 Å². The van der Waals surface area contributed by atoms with Gasteiger partial charge in [-0.3, -0.25) is 4.79 Å². The number of aliphatic hydroxyl groups excluding tert-OH is 1.